The van der Waals surface area contributed by atoms with Crippen LogP contribution in [0.5, 0.6) is 0 Å². The molecule has 0 spiro atoms. The van der Waals surface area contributed by atoms with Gasteiger partial charge in [0.05, 0.1) is 0 Å². The van der Waals surface area contributed by atoms with Gasteiger partial charge in [-0.15, -0.1) is 12.3 Å². The van der Waals surface area contributed by atoms with Gasteiger partial charge in [-0.3, -0.25) is 0 Å². The molecule has 0 bridgehead atoms. The van der Waals surface area contributed by atoms with Gasteiger partial charge in [0.2, 0.25) is 0 Å². The first kappa shape index (κ1) is 7.22. The van der Waals surface area contributed by atoms with Crippen LogP contribution in [0.15, 0.2) is 0 Å². The molecule has 11 heavy (non-hydrogen) atoms. The summed E-state index contributed by atoms with van der Waals surface area (Å²) in [6.45, 7) is 2.38. The van der Waals surface area contributed by atoms with Crippen LogP contribution < -0.4 is 0 Å². The summed E-state index contributed by atoms with van der Waals surface area (Å²) in [6, 6.07) is 0. The van der Waals surface area contributed by atoms with Gasteiger partial charge in [0.25, 0.3) is 0 Å². The molecule has 0 aromatic carbocycles. The zero-order valence-corrected chi connectivity index (χ0v) is 7.22. The first-order valence-corrected chi connectivity index (χ1v) is 4.75. The maximum Gasteiger partial charge on any atom is 0.0205 e. The number of hydrogen-bond acceptors (Lipinski definition) is 0. The summed E-state index contributed by atoms with van der Waals surface area (Å²) in [6.07, 6.45) is 11.0. The predicted octanol–water partition coefficient (Wildman–Crippen LogP) is 2.69. The molecule has 0 heteroatoms. The first-order chi connectivity index (χ1) is 5.29. The van der Waals surface area contributed by atoms with Gasteiger partial charge in [0.15, 0.2) is 0 Å². The molecule has 0 aromatic heterocycles. The van der Waals surface area contributed by atoms with Crippen molar-refractivity contribution in [1.82, 2.24) is 0 Å². The zero-order valence-electron chi connectivity index (χ0n) is 7.22. The van der Waals surface area contributed by atoms with Crippen LogP contribution in [-0.4, -0.2) is 0 Å². The maximum atomic E-state index is 5.42. The monoisotopic (exact) mass is 148 g/mol. The van der Waals surface area contributed by atoms with Crippen molar-refractivity contribution in [3.8, 4) is 12.3 Å². The molecule has 2 aliphatic rings. The summed E-state index contributed by atoms with van der Waals surface area (Å²) in [5, 5.41) is 0. The molecule has 2 saturated carbocycles. The van der Waals surface area contributed by atoms with Crippen LogP contribution in [0, 0.1) is 36.0 Å². The van der Waals surface area contributed by atoms with Crippen LogP contribution in [0.2, 0.25) is 0 Å². The van der Waals surface area contributed by atoms with Gasteiger partial charge in [-0.05, 0) is 43.4 Å². The highest BCUT2D eigenvalue weighted by atomic mass is 14.4. The Morgan fingerprint density at radius 1 is 1.09 bits per heavy atom. The zero-order chi connectivity index (χ0) is 7.84. The number of rotatable bonds is 0. The standard InChI is InChI=1S/C11H16/c1-3-9-6-10-4-8(2)5-11(10)7-9/h1,8-11H,4-7H2,2H3. The second-order valence-electron chi connectivity index (χ2n) is 4.43. The van der Waals surface area contributed by atoms with E-state index in [9.17, 15) is 0 Å². The third kappa shape index (κ3) is 1.18. The molecule has 0 heterocycles. The lowest BCUT2D eigenvalue weighted by atomic mass is 10.0. The molecule has 2 unspecified atom stereocenters. The molecule has 0 nitrogen and oxygen atoms in total. The fourth-order valence-electron chi connectivity index (χ4n) is 3.06. The Kier molecular flexibility index (Phi) is 1.68. The largest absolute Gasteiger partial charge is 0.120 e. The Morgan fingerprint density at radius 3 is 2.09 bits per heavy atom. The molecule has 0 amide bonds. The van der Waals surface area contributed by atoms with Gasteiger partial charge >= 0.3 is 0 Å². The molecular weight excluding hydrogens is 132 g/mol. The number of fused-ring (bicyclic) bond motifs is 1. The molecule has 2 atom stereocenters. The minimum Gasteiger partial charge on any atom is -0.120 e. The molecule has 0 aromatic rings. The van der Waals surface area contributed by atoms with E-state index in [1.54, 1.807) is 0 Å². The van der Waals surface area contributed by atoms with Gasteiger partial charge in [0, 0.05) is 5.92 Å². The van der Waals surface area contributed by atoms with Gasteiger partial charge in [-0.25, -0.2) is 0 Å². The molecule has 2 fully saturated rings. The summed E-state index contributed by atoms with van der Waals surface area (Å²) < 4.78 is 0. The van der Waals surface area contributed by atoms with Crippen molar-refractivity contribution in [2.75, 3.05) is 0 Å². The van der Waals surface area contributed by atoms with Crippen LogP contribution >= 0.6 is 0 Å². The summed E-state index contributed by atoms with van der Waals surface area (Å²) in [5.74, 6) is 6.49. The first-order valence-electron chi connectivity index (χ1n) is 4.75. The number of hydrogen-bond donors (Lipinski definition) is 0. The smallest absolute Gasteiger partial charge is 0.0205 e. The Bertz CT molecular complexity index is 173. The highest BCUT2D eigenvalue weighted by molar-refractivity contribution is 5.02. The van der Waals surface area contributed by atoms with Crippen molar-refractivity contribution >= 4 is 0 Å². The average Bonchev–Trinajstić information content (AvgIpc) is 2.43. The lowest BCUT2D eigenvalue weighted by molar-refractivity contribution is 0.457. The second kappa shape index (κ2) is 2.55. The molecule has 2 rings (SSSR count). The van der Waals surface area contributed by atoms with Crippen molar-refractivity contribution < 1.29 is 0 Å². The third-order valence-corrected chi connectivity index (χ3v) is 3.49. The molecule has 2 aliphatic carbocycles. The highest BCUT2D eigenvalue weighted by Crippen LogP contribution is 2.48. The second-order valence-corrected chi connectivity index (χ2v) is 4.43. The van der Waals surface area contributed by atoms with E-state index in [4.69, 9.17) is 6.42 Å². The predicted molar refractivity (Wildman–Crippen MR) is 46.9 cm³/mol. The fraction of sp³-hybridized carbons (Fsp3) is 0.818. The van der Waals surface area contributed by atoms with Crippen molar-refractivity contribution in [1.29, 1.82) is 0 Å². The summed E-state index contributed by atoms with van der Waals surface area (Å²) in [7, 11) is 0. The third-order valence-electron chi connectivity index (χ3n) is 3.49. The fourth-order valence-corrected chi connectivity index (χ4v) is 3.06. The Morgan fingerprint density at radius 2 is 1.64 bits per heavy atom. The Balaban J connectivity index is 2.00. The van der Waals surface area contributed by atoms with Crippen molar-refractivity contribution in [3.05, 3.63) is 0 Å². The molecule has 0 aliphatic heterocycles. The molecule has 0 radical (unpaired) electrons. The van der Waals surface area contributed by atoms with E-state index >= 15 is 0 Å². The molecule has 0 saturated heterocycles. The van der Waals surface area contributed by atoms with Crippen molar-refractivity contribution in [3.63, 3.8) is 0 Å². The van der Waals surface area contributed by atoms with E-state index in [1.165, 1.54) is 25.7 Å². The quantitative estimate of drug-likeness (QED) is 0.463. The lowest BCUT2D eigenvalue weighted by Gasteiger charge is -2.04. The van der Waals surface area contributed by atoms with E-state index in [-0.39, 0.29) is 0 Å². The van der Waals surface area contributed by atoms with Gasteiger partial charge < -0.3 is 0 Å². The van der Waals surface area contributed by atoms with Crippen molar-refractivity contribution in [2.45, 2.75) is 32.6 Å². The van der Waals surface area contributed by atoms with Crippen LogP contribution in [0.4, 0.5) is 0 Å². The van der Waals surface area contributed by atoms with Crippen molar-refractivity contribution in [2.24, 2.45) is 23.7 Å². The molecular formula is C11H16. The van der Waals surface area contributed by atoms with E-state index < -0.39 is 0 Å². The molecule has 0 N–H and O–H groups in total. The normalized spacial score (nSPS) is 48.7. The molecule has 60 valence electrons. The van der Waals surface area contributed by atoms with E-state index in [0.717, 1.165) is 17.8 Å². The minimum absolute atomic E-state index is 0.623. The van der Waals surface area contributed by atoms with Gasteiger partial charge in [-0.2, -0.15) is 0 Å². The number of terminal acetylenes is 1. The van der Waals surface area contributed by atoms with E-state index in [1.807, 2.05) is 0 Å². The van der Waals surface area contributed by atoms with E-state index in [0.29, 0.717) is 5.92 Å². The summed E-state index contributed by atoms with van der Waals surface area (Å²) in [5.41, 5.74) is 0. The van der Waals surface area contributed by atoms with Gasteiger partial charge in [0.1, 0.15) is 0 Å². The minimum atomic E-state index is 0.623. The van der Waals surface area contributed by atoms with Crippen LogP contribution in [0.25, 0.3) is 0 Å². The Labute approximate surface area is 69.4 Å². The van der Waals surface area contributed by atoms with Crippen LogP contribution in [-0.2, 0) is 0 Å². The van der Waals surface area contributed by atoms with E-state index in [2.05, 4.69) is 12.8 Å². The topological polar surface area (TPSA) is 0 Å². The summed E-state index contributed by atoms with van der Waals surface area (Å²) >= 11 is 0. The van der Waals surface area contributed by atoms with Crippen LogP contribution in [0.3, 0.4) is 0 Å². The summed E-state index contributed by atoms with van der Waals surface area (Å²) in [4.78, 5) is 0. The highest BCUT2D eigenvalue weighted by Gasteiger charge is 2.39. The Hall–Kier alpha value is -0.440. The SMILES string of the molecule is C#CC1CC2CC(C)CC2C1. The van der Waals surface area contributed by atoms with Crippen LogP contribution in [0.1, 0.15) is 32.6 Å². The average molecular weight is 148 g/mol. The van der Waals surface area contributed by atoms with Gasteiger partial charge in [-0.1, -0.05) is 6.92 Å². The maximum absolute atomic E-state index is 5.42. The lowest BCUT2D eigenvalue weighted by Crippen LogP contribution is -1.95.